The summed E-state index contributed by atoms with van der Waals surface area (Å²) in [5.41, 5.74) is 1.09. The lowest BCUT2D eigenvalue weighted by Gasteiger charge is -2.12. The molecule has 1 aromatic rings. The zero-order valence-electron chi connectivity index (χ0n) is 11.0. The van der Waals surface area contributed by atoms with E-state index in [0.29, 0.717) is 5.13 Å². The summed E-state index contributed by atoms with van der Waals surface area (Å²) in [5.74, 6) is -0.580. The summed E-state index contributed by atoms with van der Waals surface area (Å²) < 4.78 is 4.69. The van der Waals surface area contributed by atoms with E-state index in [1.165, 1.54) is 23.3 Å². The molecule has 1 aliphatic carbocycles. The molecule has 0 spiro atoms. The van der Waals surface area contributed by atoms with Crippen molar-refractivity contribution in [2.24, 2.45) is 0 Å². The van der Waals surface area contributed by atoms with Crippen LogP contribution in [0.3, 0.4) is 0 Å². The van der Waals surface area contributed by atoms with Gasteiger partial charge in [-0.25, -0.2) is 4.98 Å². The fourth-order valence-electron chi connectivity index (χ4n) is 1.94. The Labute approximate surface area is 115 Å². The Morgan fingerprint density at radius 3 is 2.95 bits per heavy atom. The van der Waals surface area contributed by atoms with Gasteiger partial charge in [0.25, 0.3) is 0 Å². The number of carbonyl (C=O) groups excluding carboxylic acids is 2. The monoisotopic (exact) mass is 283 g/mol. The second-order valence-corrected chi connectivity index (χ2v) is 5.54. The van der Waals surface area contributed by atoms with E-state index in [-0.39, 0.29) is 18.4 Å². The second-order valence-electron chi connectivity index (χ2n) is 4.45. The third kappa shape index (κ3) is 3.51. The molecule has 0 aromatic carbocycles. The summed E-state index contributed by atoms with van der Waals surface area (Å²) in [7, 11) is 1.43. The molecule has 1 aromatic heterocycles. The molecule has 2 amide bonds. The van der Waals surface area contributed by atoms with Crippen LogP contribution in [0, 0.1) is 0 Å². The van der Waals surface area contributed by atoms with Gasteiger partial charge in [0.1, 0.15) is 12.6 Å². The van der Waals surface area contributed by atoms with Crippen molar-refractivity contribution in [2.45, 2.75) is 32.2 Å². The number of carbonyl (C=O) groups is 2. The summed E-state index contributed by atoms with van der Waals surface area (Å²) in [6.07, 6.45) is 3.18. The van der Waals surface area contributed by atoms with Crippen LogP contribution in [0.1, 0.15) is 23.9 Å². The van der Waals surface area contributed by atoms with E-state index < -0.39 is 6.04 Å². The number of fused-ring (bicyclic) bond motifs is 1. The fraction of sp³-hybridized carbons (Fsp3) is 0.583. The number of nitrogens with zero attached hydrogens (tertiary/aromatic N) is 1. The number of thiazole rings is 1. The first kappa shape index (κ1) is 14.0. The lowest BCUT2D eigenvalue weighted by molar-refractivity contribution is -0.128. The van der Waals surface area contributed by atoms with Crippen LogP contribution in [0.15, 0.2) is 0 Å². The molecule has 2 rings (SSSR count). The molecule has 1 aliphatic rings. The number of methoxy groups -OCH3 is 1. The molecule has 1 atom stereocenters. The van der Waals surface area contributed by atoms with Crippen LogP contribution in [0.2, 0.25) is 0 Å². The van der Waals surface area contributed by atoms with Crippen molar-refractivity contribution in [2.75, 3.05) is 19.0 Å². The van der Waals surface area contributed by atoms with Gasteiger partial charge >= 0.3 is 0 Å². The standard InChI is InChI=1S/C12H17N3O3S/c1-7(13-10(16)6-18-2)11(17)15-12-14-8-4-3-5-9(8)19-12/h7H,3-6H2,1-2H3,(H,13,16)(H,14,15,17)/t7-/m1/s1. The molecule has 0 bridgehead atoms. The molecule has 1 heterocycles. The largest absolute Gasteiger partial charge is 0.375 e. The van der Waals surface area contributed by atoms with Gasteiger partial charge in [-0.1, -0.05) is 0 Å². The smallest absolute Gasteiger partial charge is 0.248 e. The SMILES string of the molecule is COCC(=O)N[C@H](C)C(=O)Nc1nc2c(s1)CCC2. The number of nitrogens with one attached hydrogen (secondary N) is 2. The van der Waals surface area contributed by atoms with Crippen LogP contribution < -0.4 is 10.6 Å². The summed E-state index contributed by atoms with van der Waals surface area (Å²) >= 11 is 1.52. The van der Waals surface area contributed by atoms with Gasteiger partial charge in [0, 0.05) is 12.0 Å². The van der Waals surface area contributed by atoms with Crippen LogP contribution in [-0.4, -0.2) is 36.6 Å². The molecular formula is C12H17N3O3S. The Morgan fingerprint density at radius 2 is 2.26 bits per heavy atom. The van der Waals surface area contributed by atoms with Crippen molar-refractivity contribution >= 4 is 28.3 Å². The van der Waals surface area contributed by atoms with Crippen LogP contribution in [0.4, 0.5) is 5.13 Å². The van der Waals surface area contributed by atoms with E-state index in [4.69, 9.17) is 0 Å². The molecule has 104 valence electrons. The number of ether oxygens (including phenoxy) is 1. The quantitative estimate of drug-likeness (QED) is 0.834. The summed E-state index contributed by atoms with van der Waals surface area (Å²) in [6.45, 7) is 1.58. The fourth-order valence-corrected chi connectivity index (χ4v) is 2.99. The van der Waals surface area contributed by atoms with Crippen molar-refractivity contribution in [3.05, 3.63) is 10.6 Å². The van der Waals surface area contributed by atoms with E-state index in [2.05, 4.69) is 20.4 Å². The maximum atomic E-state index is 11.9. The lowest BCUT2D eigenvalue weighted by atomic mass is 10.3. The van der Waals surface area contributed by atoms with E-state index >= 15 is 0 Å². The minimum Gasteiger partial charge on any atom is -0.375 e. The number of rotatable bonds is 5. The predicted molar refractivity (Wildman–Crippen MR) is 72.2 cm³/mol. The van der Waals surface area contributed by atoms with Crippen molar-refractivity contribution in [1.82, 2.24) is 10.3 Å². The molecule has 0 radical (unpaired) electrons. The highest BCUT2D eigenvalue weighted by molar-refractivity contribution is 7.15. The minimum absolute atomic E-state index is 0.0524. The number of amides is 2. The molecule has 0 unspecified atom stereocenters. The normalized spacial score (nSPS) is 14.8. The first-order valence-electron chi connectivity index (χ1n) is 6.18. The third-order valence-electron chi connectivity index (χ3n) is 2.87. The van der Waals surface area contributed by atoms with E-state index in [1.54, 1.807) is 6.92 Å². The third-order valence-corrected chi connectivity index (χ3v) is 3.94. The first-order chi connectivity index (χ1) is 9.10. The Balaban J connectivity index is 1.87. The van der Waals surface area contributed by atoms with Crippen LogP contribution in [-0.2, 0) is 27.2 Å². The molecular weight excluding hydrogens is 266 g/mol. The average molecular weight is 283 g/mol. The van der Waals surface area contributed by atoms with Crippen LogP contribution >= 0.6 is 11.3 Å². The summed E-state index contributed by atoms with van der Waals surface area (Å²) in [5, 5.41) is 5.90. The van der Waals surface area contributed by atoms with Crippen molar-refractivity contribution in [3.8, 4) is 0 Å². The zero-order valence-corrected chi connectivity index (χ0v) is 11.8. The molecule has 7 heteroatoms. The lowest BCUT2D eigenvalue weighted by Crippen LogP contribution is -2.43. The first-order valence-corrected chi connectivity index (χ1v) is 6.99. The van der Waals surface area contributed by atoms with Crippen molar-refractivity contribution < 1.29 is 14.3 Å². The predicted octanol–water partition coefficient (Wildman–Crippen LogP) is 0.721. The molecule has 6 nitrogen and oxygen atoms in total. The van der Waals surface area contributed by atoms with E-state index in [0.717, 1.165) is 25.0 Å². The molecule has 0 saturated heterocycles. The Kier molecular flexibility index (Phi) is 4.49. The van der Waals surface area contributed by atoms with Gasteiger partial charge in [0.2, 0.25) is 11.8 Å². The number of aryl methyl sites for hydroxylation is 2. The molecule has 2 N–H and O–H groups in total. The molecule has 0 aliphatic heterocycles. The minimum atomic E-state index is -0.610. The summed E-state index contributed by atoms with van der Waals surface area (Å²) in [6, 6.07) is -0.610. The Hall–Kier alpha value is -1.47. The van der Waals surface area contributed by atoms with E-state index in [9.17, 15) is 9.59 Å². The van der Waals surface area contributed by atoms with Gasteiger partial charge in [-0.2, -0.15) is 0 Å². The topological polar surface area (TPSA) is 80.3 Å². The number of aromatic nitrogens is 1. The van der Waals surface area contributed by atoms with Gasteiger partial charge in [-0.3, -0.25) is 9.59 Å². The number of hydrogen-bond acceptors (Lipinski definition) is 5. The van der Waals surface area contributed by atoms with E-state index in [1.807, 2.05) is 0 Å². The second kappa shape index (κ2) is 6.12. The Bertz CT molecular complexity index is 465. The van der Waals surface area contributed by atoms with Gasteiger partial charge in [-0.15, -0.1) is 11.3 Å². The van der Waals surface area contributed by atoms with Crippen LogP contribution in [0.25, 0.3) is 0 Å². The van der Waals surface area contributed by atoms with Gasteiger partial charge in [-0.05, 0) is 26.2 Å². The van der Waals surface area contributed by atoms with Crippen molar-refractivity contribution in [1.29, 1.82) is 0 Å². The number of hydrogen-bond donors (Lipinski definition) is 2. The van der Waals surface area contributed by atoms with Gasteiger partial charge < -0.3 is 15.4 Å². The van der Waals surface area contributed by atoms with Crippen LogP contribution in [0.5, 0.6) is 0 Å². The number of anilines is 1. The zero-order chi connectivity index (χ0) is 13.8. The maximum absolute atomic E-state index is 11.9. The molecule has 0 saturated carbocycles. The highest BCUT2D eigenvalue weighted by Crippen LogP contribution is 2.30. The van der Waals surface area contributed by atoms with Crippen molar-refractivity contribution in [3.63, 3.8) is 0 Å². The highest BCUT2D eigenvalue weighted by Gasteiger charge is 2.20. The highest BCUT2D eigenvalue weighted by atomic mass is 32.1. The maximum Gasteiger partial charge on any atom is 0.248 e. The Morgan fingerprint density at radius 1 is 1.47 bits per heavy atom. The molecule has 19 heavy (non-hydrogen) atoms. The average Bonchev–Trinajstić information content (AvgIpc) is 2.89. The molecule has 0 fully saturated rings. The van der Waals surface area contributed by atoms with Gasteiger partial charge in [0.15, 0.2) is 5.13 Å². The van der Waals surface area contributed by atoms with Gasteiger partial charge in [0.05, 0.1) is 5.69 Å². The summed E-state index contributed by atoms with van der Waals surface area (Å²) in [4.78, 5) is 28.8.